The largest absolute Gasteiger partial charge is 0.486 e. The van der Waals surface area contributed by atoms with Crippen LogP contribution in [0.2, 0.25) is 5.02 Å². The number of halogens is 1. The van der Waals surface area contributed by atoms with E-state index in [1.165, 1.54) is 11.8 Å². The second-order valence-electron chi connectivity index (χ2n) is 7.54. The van der Waals surface area contributed by atoms with Gasteiger partial charge in [0, 0.05) is 10.6 Å². The van der Waals surface area contributed by atoms with E-state index in [1.807, 2.05) is 36.4 Å². The summed E-state index contributed by atoms with van der Waals surface area (Å²) in [6.45, 7) is 0.562. The molecule has 0 N–H and O–H groups in total. The zero-order valence-electron chi connectivity index (χ0n) is 17.4. The normalized spacial score (nSPS) is 14.9. The molecule has 0 amide bonds. The van der Waals surface area contributed by atoms with Crippen LogP contribution in [0.15, 0.2) is 82.7 Å². The lowest BCUT2D eigenvalue weighted by atomic mass is 10.1. The molecule has 0 radical (unpaired) electrons. The number of benzene rings is 3. The summed E-state index contributed by atoms with van der Waals surface area (Å²) in [6.07, 6.45) is -0.369. The van der Waals surface area contributed by atoms with Gasteiger partial charge in [0.15, 0.2) is 28.5 Å². The maximum absolute atomic E-state index is 13.3. The van der Waals surface area contributed by atoms with Crippen LogP contribution in [0.25, 0.3) is 10.9 Å². The molecule has 33 heavy (non-hydrogen) atoms. The van der Waals surface area contributed by atoms with Crippen molar-refractivity contribution in [1.82, 2.24) is 9.55 Å². The number of rotatable bonds is 6. The molecular formula is C25H19ClN2O4S. The van der Waals surface area contributed by atoms with Gasteiger partial charge in [-0.05, 0) is 48.5 Å². The number of hydrogen-bond donors (Lipinski definition) is 0. The lowest BCUT2D eigenvalue weighted by Crippen LogP contribution is -2.37. The molecule has 4 aromatic rings. The van der Waals surface area contributed by atoms with Crippen LogP contribution in [-0.4, -0.2) is 33.8 Å². The van der Waals surface area contributed by atoms with Crippen LogP contribution in [0.1, 0.15) is 10.4 Å². The van der Waals surface area contributed by atoms with E-state index in [1.54, 1.807) is 41.0 Å². The van der Waals surface area contributed by atoms with Crippen LogP contribution in [0, 0.1) is 0 Å². The molecule has 1 aliphatic rings. The highest BCUT2D eigenvalue weighted by Gasteiger charge is 2.24. The van der Waals surface area contributed by atoms with E-state index < -0.39 is 0 Å². The minimum absolute atomic E-state index is 0.0724. The van der Waals surface area contributed by atoms with E-state index in [9.17, 15) is 9.59 Å². The molecule has 1 aliphatic heterocycles. The molecule has 0 bridgehead atoms. The fourth-order valence-electron chi connectivity index (χ4n) is 3.62. The number of thioether (sulfide) groups is 1. The third-order valence-corrected chi connectivity index (χ3v) is 6.51. The number of hydrogen-bond acceptors (Lipinski definition) is 6. The van der Waals surface area contributed by atoms with Gasteiger partial charge in [-0.2, -0.15) is 0 Å². The summed E-state index contributed by atoms with van der Waals surface area (Å²) < 4.78 is 13.4. The fourth-order valence-corrected chi connectivity index (χ4v) is 4.65. The molecule has 0 saturated carbocycles. The molecule has 0 saturated heterocycles. The van der Waals surface area contributed by atoms with Gasteiger partial charge in [-0.1, -0.05) is 47.6 Å². The number of carbonyl (C=O) groups excluding carboxylic acids is 1. The minimum atomic E-state index is -0.369. The molecule has 1 unspecified atom stereocenters. The minimum Gasteiger partial charge on any atom is -0.486 e. The van der Waals surface area contributed by atoms with E-state index in [-0.39, 0.29) is 29.7 Å². The maximum Gasteiger partial charge on any atom is 0.262 e. The van der Waals surface area contributed by atoms with Crippen LogP contribution in [0.5, 0.6) is 11.5 Å². The van der Waals surface area contributed by atoms with Crippen LogP contribution < -0.4 is 15.0 Å². The predicted octanol–water partition coefficient (Wildman–Crippen LogP) is 4.86. The van der Waals surface area contributed by atoms with Gasteiger partial charge in [-0.15, -0.1) is 0 Å². The Morgan fingerprint density at radius 1 is 1.03 bits per heavy atom. The number of nitrogens with zero attached hydrogens (tertiary/aromatic N) is 2. The second kappa shape index (κ2) is 9.29. The molecule has 166 valence electrons. The van der Waals surface area contributed by atoms with Gasteiger partial charge in [-0.3, -0.25) is 14.2 Å². The van der Waals surface area contributed by atoms with Crippen molar-refractivity contribution in [3.63, 3.8) is 0 Å². The van der Waals surface area contributed by atoms with Gasteiger partial charge in [0.2, 0.25) is 0 Å². The molecule has 0 fully saturated rings. The summed E-state index contributed by atoms with van der Waals surface area (Å²) >= 11 is 7.15. The predicted molar refractivity (Wildman–Crippen MR) is 129 cm³/mol. The smallest absolute Gasteiger partial charge is 0.262 e. The van der Waals surface area contributed by atoms with Gasteiger partial charge in [-0.25, -0.2) is 4.98 Å². The average molecular weight is 479 g/mol. The molecule has 3 aromatic carbocycles. The van der Waals surface area contributed by atoms with Crippen molar-refractivity contribution in [2.45, 2.75) is 17.8 Å². The summed E-state index contributed by atoms with van der Waals surface area (Å²) in [5.41, 5.74) is 0.970. The summed E-state index contributed by atoms with van der Waals surface area (Å²) in [6, 6.07) is 21.4. The molecule has 0 spiro atoms. The highest BCUT2D eigenvalue weighted by molar-refractivity contribution is 7.99. The zero-order valence-corrected chi connectivity index (χ0v) is 19.0. The average Bonchev–Trinajstić information content (AvgIpc) is 2.85. The Kier molecular flexibility index (Phi) is 6.07. The Labute approximate surface area is 199 Å². The summed E-state index contributed by atoms with van der Waals surface area (Å²) in [5.74, 6) is 1.39. The Bertz CT molecular complexity index is 1390. The van der Waals surface area contributed by atoms with Gasteiger partial charge in [0.1, 0.15) is 6.61 Å². The molecule has 2 heterocycles. The monoisotopic (exact) mass is 478 g/mol. The molecule has 1 aromatic heterocycles. The van der Waals surface area contributed by atoms with Crippen molar-refractivity contribution in [2.24, 2.45) is 0 Å². The summed E-state index contributed by atoms with van der Waals surface area (Å²) in [5, 5.41) is 1.55. The second-order valence-corrected chi connectivity index (χ2v) is 8.92. The molecule has 6 nitrogen and oxygen atoms in total. The maximum atomic E-state index is 13.3. The Morgan fingerprint density at radius 3 is 2.58 bits per heavy atom. The van der Waals surface area contributed by atoms with Crippen LogP contribution in [-0.2, 0) is 6.54 Å². The molecule has 8 heteroatoms. The topological polar surface area (TPSA) is 70.4 Å². The van der Waals surface area contributed by atoms with Crippen molar-refractivity contribution >= 4 is 40.0 Å². The summed E-state index contributed by atoms with van der Waals surface area (Å²) in [4.78, 5) is 30.7. The quantitative estimate of drug-likeness (QED) is 0.224. The number of ketones is 1. The van der Waals surface area contributed by atoms with Crippen molar-refractivity contribution < 1.29 is 14.3 Å². The Morgan fingerprint density at radius 2 is 1.76 bits per heavy atom. The van der Waals surface area contributed by atoms with E-state index in [0.717, 1.165) is 0 Å². The first kappa shape index (κ1) is 21.6. The molecule has 5 rings (SSSR count). The number of aromatic nitrogens is 2. The highest BCUT2D eigenvalue weighted by atomic mass is 35.5. The molecule has 0 aliphatic carbocycles. The van der Waals surface area contributed by atoms with E-state index >= 15 is 0 Å². The van der Waals surface area contributed by atoms with Gasteiger partial charge in [0.05, 0.1) is 23.2 Å². The van der Waals surface area contributed by atoms with Gasteiger partial charge in [0.25, 0.3) is 5.56 Å². The van der Waals surface area contributed by atoms with E-state index in [4.69, 9.17) is 21.1 Å². The molecule has 1 atom stereocenters. The number of para-hydroxylation sites is 3. The lowest BCUT2D eigenvalue weighted by molar-refractivity contribution is 0.0757. The van der Waals surface area contributed by atoms with Crippen LogP contribution in [0.3, 0.4) is 0 Å². The van der Waals surface area contributed by atoms with Gasteiger partial charge >= 0.3 is 0 Å². The first-order chi connectivity index (χ1) is 16.1. The Hall–Kier alpha value is -3.29. The van der Waals surface area contributed by atoms with Crippen molar-refractivity contribution in [3.05, 3.63) is 93.7 Å². The Balaban J connectivity index is 1.43. The fraction of sp³-hybridized carbons (Fsp3) is 0.160. The molecular weight excluding hydrogens is 460 g/mol. The SMILES string of the molecule is O=C(CSc1nc2ccccc2c(=O)n1CC1COc2ccccc2O1)c1ccc(Cl)cc1. The van der Waals surface area contributed by atoms with E-state index in [2.05, 4.69) is 4.98 Å². The van der Waals surface area contributed by atoms with Crippen molar-refractivity contribution in [1.29, 1.82) is 0 Å². The standard InChI is InChI=1S/C25H19ClN2O4S/c26-17-11-9-16(10-12-17)21(29)15-33-25-27-20-6-2-1-5-19(20)24(30)28(25)13-18-14-31-22-7-3-4-8-23(22)32-18/h1-12,18H,13-15H2. The van der Waals surface area contributed by atoms with Crippen LogP contribution >= 0.6 is 23.4 Å². The first-order valence-corrected chi connectivity index (χ1v) is 11.7. The zero-order chi connectivity index (χ0) is 22.8. The van der Waals surface area contributed by atoms with Gasteiger partial charge < -0.3 is 9.47 Å². The van der Waals surface area contributed by atoms with Crippen LogP contribution in [0.4, 0.5) is 0 Å². The third kappa shape index (κ3) is 4.60. The number of fused-ring (bicyclic) bond motifs is 2. The van der Waals surface area contributed by atoms with Crippen molar-refractivity contribution in [3.8, 4) is 11.5 Å². The highest BCUT2D eigenvalue weighted by Crippen LogP contribution is 2.31. The lowest BCUT2D eigenvalue weighted by Gasteiger charge is -2.27. The van der Waals surface area contributed by atoms with E-state index in [0.29, 0.717) is 44.8 Å². The number of carbonyl (C=O) groups is 1. The van der Waals surface area contributed by atoms with Crippen molar-refractivity contribution in [2.75, 3.05) is 12.4 Å². The first-order valence-electron chi connectivity index (χ1n) is 10.4. The summed E-state index contributed by atoms with van der Waals surface area (Å²) in [7, 11) is 0. The number of ether oxygens (including phenoxy) is 2. The third-order valence-electron chi connectivity index (χ3n) is 5.28. The number of Topliss-reactive ketones (excluding diaryl/α,β-unsaturated/α-hetero) is 1.